The van der Waals surface area contributed by atoms with Crippen molar-refractivity contribution in [2.45, 2.75) is 32.4 Å². The Morgan fingerprint density at radius 1 is 1.46 bits per heavy atom. The number of thiazole rings is 1. The summed E-state index contributed by atoms with van der Waals surface area (Å²) in [5.41, 5.74) is 0.877. The zero-order chi connectivity index (χ0) is 9.90. The van der Waals surface area contributed by atoms with Crippen LogP contribution in [-0.2, 0) is 12.8 Å². The second-order valence-electron chi connectivity index (χ2n) is 2.70. The summed E-state index contributed by atoms with van der Waals surface area (Å²) in [6.45, 7) is 1.93. The summed E-state index contributed by atoms with van der Waals surface area (Å²) in [5.74, 6) is 0. The third-order valence-corrected chi connectivity index (χ3v) is 2.54. The van der Waals surface area contributed by atoms with E-state index in [0.29, 0.717) is 5.01 Å². The highest BCUT2D eigenvalue weighted by Gasteiger charge is 2.26. The van der Waals surface area contributed by atoms with Gasteiger partial charge in [0.1, 0.15) is 0 Å². The first-order valence-corrected chi connectivity index (χ1v) is 4.89. The topological polar surface area (TPSA) is 12.9 Å². The molecule has 74 valence electrons. The van der Waals surface area contributed by atoms with Crippen molar-refractivity contribution < 1.29 is 13.2 Å². The van der Waals surface area contributed by atoms with E-state index in [9.17, 15) is 13.2 Å². The molecule has 0 N–H and O–H groups in total. The van der Waals surface area contributed by atoms with Gasteiger partial charge in [-0.2, -0.15) is 13.2 Å². The monoisotopic (exact) mass is 209 g/mol. The molecule has 1 rings (SSSR count). The van der Waals surface area contributed by atoms with E-state index in [1.807, 2.05) is 12.3 Å². The first kappa shape index (κ1) is 10.5. The van der Waals surface area contributed by atoms with E-state index in [-0.39, 0.29) is 6.42 Å². The van der Waals surface area contributed by atoms with E-state index >= 15 is 0 Å². The third-order valence-electron chi connectivity index (χ3n) is 1.58. The molecule has 13 heavy (non-hydrogen) atoms. The van der Waals surface area contributed by atoms with E-state index in [1.54, 1.807) is 0 Å². The van der Waals surface area contributed by atoms with Crippen LogP contribution in [0.2, 0.25) is 0 Å². The molecule has 0 saturated carbocycles. The average molecular weight is 209 g/mol. The Bertz CT molecular complexity index is 267. The van der Waals surface area contributed by atoms with Gasteiger partial charge in [-0.3, -0.25) is 0 Å². The van der Waals surface area contributed by atoms with Crippen LogP contribution in [0.15, 0.2) is 5.38 Å². The molecule has 1 aromatic heterocycles. The van der Waals surface area contributed by atoms with E-state index < -0.39 is 12.6 Å². The molecule has 0 bridgehead atoms. The van der Waals surface area contributed by atoms with Crippen molar-refractivity contribution in [2.75, 3.05) is 0 Å². The summed E-state index contributed by atoms with van der Waals surface area (Å²) in [6, 6.07) is 0. The molecule has 0 atom stereocenters. The first-order valence-electron chi connectivity index (χ1n) is 4.01. The number of aryl methyl sites for hydroxylation is 2. The number of alkyl halides is 3. The summed E-state index contributed by atoms with van der Waals surface area (Å²) in [7, 11) is 0. The smallest absolute Gasteiger partial charge is 0.246 e. The Balaban J connectivity index is 2.46. The van der Waals surface area contributed by atoms with Crippen molar-refractivity contribution in [1.82, 2.24) is 4.98 Å². The first-order chi connectivity index (χ1) is 6.01. The summed E-state index contributed by atoms with van der Waals surface area (Å²) >= 11 is 1.30. The van der Waals surface area contributed by atoms with Gasteiger partial charge < -0.3 is 0 Å². The SMILES string of the molecule is CCc1csc(CCC(F)(F)F)n1. The van der Waals surface area contributed by atoms with Crippen molar-refractivity contribution in [1.29, 1.82) is 0 Å². The number of halogens is 3. The maximum absolute atomic E-state index is 11.8. The van der Waals surface area contributed by atoms with Crippen LogP contribution >= 0.6 is 11.3 Å². The molecule has 1 nitrogen and oxygen atoms in total. The van der Waals surface area contributed by atoms with Crippen LogP contribution in [0.3, 0.4) is 0 Å². The summed E-state index contributed by atoms with van der Waals surface area (Å²) in [5, 5.41) is 2.39. The van der Waals surface area contributed by atoms with Gasteiger partial charge in [0, 0.05) is 18.2 Å². The van der Waals surface area contributed by atoms with Gasteiger partial charge in [-0.1, -0.05) is 6.92 Å². The van der Waals surface area contributed by atoms with Crippen LogP contribution in [0.4, 0.5) is 13.2 Å². The number of aromatic nitrogens is 1. The molecule has 0 spiro atoms. The molecule has 0 fully saturated rings. The Morgan fingerprint density at radius 2 is 2.15 bits per heavy atom. The highest BCUT2D eigenvalue weighted by Crippen LogP contribution is 2.23. The molecular formula is C8H10F3NS. The van der Waals surface area contributed by atoms with Gasteiger partial charge >= 0.3 is 6.18 Å². The minimum atomic E-state index is -4.07. The number of rotatable bonds is 3. The predicted octanol–water partition coefficient (Wildman–Crippen LogP) is 3.20. The largest absolute Gasteiger partial charge is 0.389 e. The zero-order valence-corrected chi connectivity index (χ0v) is 8.00. The maximum atomic E-state index is 11.8. The molecule has 0 aliphatic heterocycles. The van der Waals surface area contributed by atoms with Crippen LogP contribution in [0.1, 0.15) is 24.0 Å². The normalized spacial score (nSPS) is 12.0. The lowest BCUT2D eigenvalue weighted by atomic mass is 10.3. The summed E-state index contributed by atoms with van der Waals surface area (Å²) in [6.07, 6.45) is -4.06. The standard InChI is InChI=1S/C8H10F3NS/c1-2-6-5-13-7(12-6)3-4-8(9,10)11/h5H,2-4H2,1H3. The lowest BCUT2D eigenvalue weighted by molar-refractivity contribution is -0.134. The summed E-state index contributed by atoms with van der Waals surface area (Å²) in [4.78, 5) is 4.05. The Hall–Kier alpha value is -0.580. The minimum absolute atomic E-state index is 0.00810. The van der Waals surface area contributed by atoms with Gasteiger partial charge in [0.2, 0.25) is 0 Å². The second-order valence-corrected chi connectivity index (χ2v) is 3.64. The lowest BCUT2D eigenvalue weighted by Crippen LogP contribution is -2.08. The minimum Gasteiger partial charge on any atom is -0.246 e. The van der Waals surface area contributed by atoms with E-state index in [2.05, 4.69) is 4.98 Å². The molecule has 0 unspecified atom stereocenters. The van der Waals surface area contributed by atoms with Crippen molar-refractivity contribution in [3.63, 3.8) is 0 Å². The average Bonchev–Trinajstić information content (AvgIpc) is 2.47. The van der Waals surface area contributed by atoms with Crippen LogP contribution in [0.5, 0.6) is 0 Å². The van der Waals surface area contributed by atoms with E-state index in [1.165, 1.54) is 11.3 Å². The quantitative estimate of drug-likeness (QED) is 0.745. The highest BCUT2D eigenvalue weighted by atomic mass is 32.1. The fraction of sp³-hybridized carbons (Fsp3) is 0.625. The Labute approximate surface area is 78.6 Å². The molecule has 5 heteroatoms. The molecule has 0 aliphatic rings. The second kappa shape index (κ2) is 4.09. The molecule has 0 radical (unpaired) electrons. The maximum Gasteiger partial charge on any atom is 0.389 e. The van der Waals surface area contributed by atoms with Crippen molar-refractivity contribution >= 4 is 11.3 Å². The van der Waals surface area contributed by atoms with E-state index in [4.69, 9.17) is 0 Å². The number of hydrogen-bond donors (Lipinski definition) is 0. The number of hydrogen-bond acceptors (Lipinski definition) is 2. The van der Waals surface area contributed by atoms with Crippen LogP contribution < -0.4 is 0 Å². The lowest BCUT2D eigenvalue weighted by Gasteiger charge is -2.02. The van der Waals surface area contributed by atoms with Gasteiger partial charge in [0.15, 0.2) is 0 Å². The fourth-order valence-corrected chi connectivity index (χ4v) is 1.76. The molecule has 1 aromatic rings. The third kappa shape index (κ3) is 3.76. The Morgan fingerprint density at radius 3 is 2.62 bits per heavy atom. The van der Waals surface area contributed by atoms with Gasteiger partial charge in [-0.15, -0.1) is 11.3 Å². The Kier molecular flexibility index (Phi) is 3.30. The van der Waals surface area contributed by atoms with Crippen LogP contribution in [-0.4, -0.2) is 11.2 Å². The molecule has 0 aliphatic carbocycles. The predicted molar refractivity (Wildman–Crippen MR) is 45.9 cm³/mol. The van der Waals surface area contributed by atoms with E-state index in [0.717, 1.165) is 12.1 Å². The van der Waals surface area contributed by atoms with Crippen LogP contribution in [0.25, 0.3) is 0 Å². The summed E-state index contributed by atoms with van der Waals surface area (Å²) < 4.78 is 35.4. The molecule has 0 amide bonds. The highest BCUT2D eigenvalue weighted by molar-refractivity contribution is 7.09. The van der Waals surface area contributed by atoms with Crippen LogP contribution in [0, 0.1) is 0 Å². The van der Waals surface area contributed by atoms with Crippen molar-refractivity contribution in [3.05, 3.63) is 16.1 Å². The molecule has 0 aromatic carbocycles. The molecular weight excluding hydrogens is 199 g/mol. The van der Waals surface area contributed by atoms with Crippen molar-refractivity contribution in [3.8, 4) is 0 Å². The fourth-order valence-electron chi connectivity index (χ4n) is 0.875. The number of nitrogens with zero attached hydrogens (tertiary/aromatic N) is 1. The van der Waals surface area contributed by atoms with Gasteiger partial charge in [-0.25, -0.2) is 4.98 Å². The zero-order valence-electron chi connectivity index (χ0n) is 7.19. The molecule has 0 saturated heterocycles. The molecule has 1 heterocycles. The van der Waals surface area contributed by atoms with Crippen molar-refractivity contribution in [2.24, 2.45) is 0 Å². The van der Waals surface area contributed by atoms with Gasteiger partial charge in [0.05, 0.1) is 10.7 Å². The van der Waals surface area contributed by atoms with Gasteiger partial charge in [-0.05, 0) is 6.42 Å². The van der Waals surface area contributed by atoms with Gasteiger partial charge in [0.25, 0.3) is 0 Å².